The molecule has 0 unspecified atom stereocenters. The summed E-state index contributed by atoms with van der Waals surface area (Å²) in [5, 5.41) is 13.3. The summed E-state index contributed by atoms with van der Waals surface area (Å²) in [6.45, 7) is -0.0855. The Morgan fingerprint density at radius 2 is 1.91 bits per heavy atom. The molecule has 0 radical (unpaired) electrons. The van der Waals surface area contributed by atoms with Gasteiger partial charge in [0.15, 0.2) is 12.0 Å². The standard InChI is InChI=1S/C24H26F2N4O2S/c25-24(26)10-9-21(22(11-24)23(32)30-15-28)20-4-2-1-3-19(20)16-5-7-18(8-6-16)33-13-17(31)12-29-14-27/h1-8,21-22,29H,9-13,15,28H2,(H,30,32)/t21-,22+/m0/s1. The Balaban J connectivity index is 1.81. The third-order valence-corrected chi connectivity index (χ3v) is 6.80. The second-order valence-corrected chi connectivity index (χ2v) is 9.01. The van der Waals surface area contributed by atoms with Crippen molar-refractivity contribution in [2.45, 2.75) is 36.0 Å². The van der Waals surface area contributed by atoms with Crippen molar-refractivity contribution in [1.29, 1.82) is 5.26 Å². The van der Waals surface area contributed by atoms with Crippen LogP contribution in [0.25, 0.3) is 11.1 Å². The van der Waals surface area contributed by atoms with Crippen LogP contribution in [0.2, 0.25) is 0 Å². The fourth-order valence-electron chi connectivity index (χ4n) is 4.18. The number of hydrogen-bond acceptors (Lipinski definition) is 6. The molecule has 1 fully saturated rings. The van der Waals surface area contributed by atoms with E-state index in [-0.39, 0.29) is 43.5 Å². The molecule has 1 amide bonds. The number of nitriles is 1. The van der Waals surface area contributed by atoms with Crippen LogP contribution in [0.15, 0.2) is 53.4 Å². The maximum Gasteiger partial charge on any atom is 0.249 e. The number of halogens is 2. The van der Waals surface area contributed by atoms with Crippen LogP contribution in [-0.4, -0.2) is 36.6 Å². The average Bonchev–Trinajstić information content (AvgIpc) is 2.81. The first kappa shape index (κ1) is 24.7. The third kappa shape index (κ3) is 6.53. The minimum Gasteiger partial charge on any atom is -0.344 e. The first-order valence-corrected chi connectivity index (χ1v) is 11.6. The molecule has 0 aromatic heterocycles. The lowest BCUT2D eigenvalue weighted by Crippen LogP contribution is -2.43. The number of nitrogens with zero attached hydrogens (tertiary/aromatic N) is 1. The van der Waals surface area contributed by atoms with Crippen molar-refractivity contribution < 1.29 is 18.4 Å². The Bertz CT molecular complexity index is 1020. The number of hydrogen-bond donors (Lipinski definition) is 3. The molecule has 0 heterocycles. The van der Waals surface area contributed by atoms with Crippen LogP contribution >= 0.6 is 11.8 Å². The van der Waals surface area contributed by atoms with Crippen molar-refractivity contribution in [2.75, 3.05) is 19.0 Å². The van der Waals surface area contributed by atoms with Gasteiger partial charge in [0.25, 0.3) is 0 Å². The zero-order valence-corrected chi connectivity index (χ0v) is 18.8. The monoisotopic (exact) mass is 472 g/mol. The zero-order chi connectivity index (χ0) is 23.8. The van der Waals surface area contributed by atoms with Gasteiger partial charge in [-0.3, -0.25) is 9.59 Å². The first-order chi connectivity index (χ1) is 15.8. The van der Waals surface area contributed by atoms with Gasteiger partial charge in [0.1, 0.15) is 0 Å². The van der Waals surface area contributed by atoms with Gasteiger partial charge in [-0.1, -0.05) is 36.4 Å². The molecule has 0 bridgehead atoms. The van der Waals surface area contributed by atoms with Crippen molar-refractivity contribution in [2.24, 2.45) is 11.7 Å². The summed E-state index contributed by atoms with van der Waals surface area (Å²) in [6.07, 6.45) is 1.17. The van der Waals surface area contributed by atoms with Gasteiger partial charge in [-0.15, -0.1) is 11.8 Å². The zero-order valence-electron chi connectivity index (χ0n) is 18.0. The van der Waals surface area contributed by atoms with Crippen molar-refractivity contribution in [3.63, 3.8) is 0 Å². The molecule has 1 aliphatic carbocycles. The van der Waals surface area contributed by atoms with Crippen LogP contribution in [0.5, 0.6) is 0 Å². The van der Waals surface area contributed by atoms with E-state index in [0.717, 1.165) is 21.6 Å². The molecule has 33 heavy (non-hydrogen) atoms. The molecular formula is C24H26F2N4O2S. The number of benzene rings is 2. The predicted molar refractivity (Wildman–Crippen MR) is 123 cm³/mol. The van der Waals surface area contributed by atoms with E-state index < -0.39 is 24.2 Å². The maximum atomic E-state index is 14.2. The van der Waals surface area contributed by atoms with E-state index >= 15 is 0 Å². The number of ketones is 1. The van der Waals surface area contributed by atoms with E-state index in [4.69, 9.17) is 11.0 Å². The molecule has 174 valence electrons. The summed E-state index contributed by atoms with van der Waals surface area (Å²) >= 11 is 1.38. The van der Waals surface area contributed by atoms with Gasteiger partial charge in [0.2, 0.25) is 11.8 Å². The van der Waals surface area contributed by atoms with Crippen LogP contribution in [0.1, 0.15) is 30.7 Å². The van der Waals surface area contributed by atoms with Gasteiger partial charge >= 0.3 is 0 Å². The molecule has 2 aromatic rings. The molecule has 1 aliphatic rings. The third-order valence-electron chi connectivity index (χ3n) is 5.73. The van der Waals surface area contributed by atoms with Crippen LogP contribution in [0.4, 0.5) is 8.78 Å². The van der Waals surface area contributed by atoms with Crippen LogP contribution in [0.3, 0.4) is 0 Å². The smallest absolute Gasteiger partial charge is 0.249 e. The minimum atomic E-state index is -2.87. The number of alkyl halides is 2. The van der Waals surface area contributed by atoms with Gasteiger partial charge in [-0.05, 0) is 41.2 Å². The van der Waals surface area contributed by atoms with E-state index in [1.165, 1.54) is 11.8 Å². The lowest BCUT2D eigenvalue weighted by molar-refractivity contribution is -0.133. The minimum absolute atomic E-state index is 0.00823. The van der Waals surface area contributed by atoms with E-state index in [1.54, 1.807) is 6.19 Å². The molecule has 3 rings (SSSR count). The number of carbonyl (C=O) groups is 2. The molecule has 1 saturated carbocycles. The highest BCUT2D eigenvalue weighted by Gasteiger charge is 2.45. The normalized spacial score (nSPS) is 19.3. The molecule has 0 aliphatic heterocycles. The highest BCUT2D eigenvalue weighted by atomic mass is 32.2. The molecule has 0 saturated heterocycles. The molecular weight excluding hydrogens is 446 g/mol. The van der Waals surface area contributed by atoms with E-state index in [0.29, 0.717) is 0 Å². The van der Waals surface area contributed by atoms with Gasteiger partial charge < -0.3 is 16.4 Å². The van der Waals surface area contributed by atoms with Gasteiger partial charge in [0, 0.05) is 17.7 Å². The quantitative estimate of drug-likeness (QED) is 0.223. The molecule has 9 heteroatoms. The number of nitrogens with one attached hydrogen (secondary N) is 2. The first-order valence-electron chi connectivity index (χ1n) is 10.7. The van der Waals surface area contributed by atoms with Crippen molar-refractivity contribution in [1.82, 2.24) is 10.6 Å². The number of thioether (sulfide) groups is 1. The van der Waals surface area contributed by atoms with Crippen LogP contribution < -0.4 is 16.4 Å². The van der Waals surface area contributed by atoms with Gasteiger partial charge in [-0.25, -0.2) is 8.78 Å². The summed E-state index contributed by atoms with van der Waals surface area (Å²) in [7, 11) is 0. The fraction of sp³-hybridized carbons (Fsp3) is 0.375. The summed E-state index contributed by atoms with van der Waals surface area (Å²) in [6, 6.07) is 15.2. The largest absolute Gasteiger partial charge is 0.344 e. The lowest BCUT2D eigenvalue weighted by atomic mass is 9.72. The summed E-state index contributed by atoms with van der Waals surface area (Å²) in [4.78, 5) is 25.2. The predicted octanol–water partition coefficient (Wildman–Crippen LogP) is 3.64. The summed E-state index contributed by atoms with van der Waals surface area (Å²) in [5.41, 5.74) is 8.09. The summed E-state index contributed by atoms with van der Waals surface area (Å²) < 4.78 is 28.3. The van der Waals surface area contributed by atoms with Gasteiger partial charge in [-0.2, -0.15) is 5.26 Å². The van der Waals surface area contributed by atoms with Crippen LogP contribution in [-0.2, 0) is 9.59 Å². The Morgan fingerprint density at radius 3 is 2.61 bits per heavy atom. The molecule has 2 atom stereocenters. The number of rotatable bonds is 9. The van der Waals surface area contributed by atoms with Crippen molar-refractivity contribution in [3.8, 4) is 17.3 Å². The van der Waals surface area contributed by atoms with Crippen LogP contribution in [0, 0.1) is 17.4 Å². The van der Waals surface area contributed by atoms with Gasteiger partial charge in [0.05, 0.1) is 24.9 Å². The maximum absolute atomic E-state index is 14.2. The number of Topliss-reactive ketones (excluding diaryl/α,β-unsaturated/α-hetero) is 1. The number of carbonyl (C=O) groups excluding carboxylic acids is 2. The highest BCUT2D eigenvalue weighted by Crippen LogP contribution is 2.47. The Labute approximate surface area is 195 Å². The Morgan fingerprint density at radius 1 is 1.18 bits per heavy atom. The van der Waals surface area contributed by atoms with E-state index in [1.807, 2.05) is 48.5 Å². The highest BCUT2D eigenvalue weighted by molar-refractivity contribution is 8.00. The van der Waals surface area contributed by atoms with Crippen molar-refractivity contribution >= 4 is 23.5 Å². The van der Waals surface area contributed by atoms with E-state index in [2.05, 4.69) is 10.6 Å². The SMILES string of the molecule is N#CNCC(=O)CSc1ccc(-c2ccccc2[C@@H]2CCC(F)(F)C[C@H]2C(=O)NCN)cc1. The second-order valence-electron chi connectivity index (χ2n) is 7.96. The Hall–Kier alpha value is -2.96. The molecule has 0 spiro atoms. The fourth-order valence-corrected chi connectivity index (χ4v) is 4.94. The molecule has 4 N–H and O–H groups in total. The number of amides is 1. The Kier molecular flexibility index (Phi) is 8.42. The average molecular weight is 473 g/mol. The van der Waals surface area contributed by atoms with E-state index in [9.17, 15) is 18.4 Å². The summed E-state index contributed by atoms with van der Waals surface area (Å²) in [5.74, 6) is -4.35. The lowest BCUT2D eigenvalue weighted by Gasteiger charge is -2.36. The molecule has 6 nitrogen and oxygen atoms in total. The number of nitrogens with two attached hydrogens (primary N) is 1. The molecule has 2 aromatic carbocycles. The second kappa shape index (κ2) is 11.3. The topological polar surface area (TPSA) is 108 Å². The van der Waals surface area contributed by atoms with Crippen molar-refractivity contribution in [3.05, 3.63) is 54.1 Å².